The van der Waals surface area contributed by atoms with Crippen molar-refractivity contribution < 1.29 is 0 Å². The van der Waals surface area contributed by atoms with E-state index in [-0.39, 0.29) is 0 Å². The largest absolute Gasteiger partial charge is 0.314 e. The first-order valence-corrected chi connectivity index (χ1v) is 8.52. The van der Waals surface area contributed by atoms with Crippen LogP contribution in [0.2, 0.25) is 5.02 Å². The lowest BCUT2D eigenvalue weighted by Crippen LogP contribution is -2.45. The summed E-state index contributed by atoms with van der Waals surface area (Å²) in [7, 11) is 0. The fourth-order valence-corrected chi connectivity index (χ4v) is 4.11. The minimum absolute atomic E-state index is 0.306. The van der Waals surface area contributed by atoms with Crippen molar-refractivity contribution in [3.8, 4) is 0 Å². The van der Waals surface area contributed by atoms with Crippen molar-refractivity contribution in [2.75, 3.05) is 19.6 Å². The molecule has 1 aliphatic heterocycles. The standard InChI is InChI=1S/C14H15BrClN3S/c15-13-8-18-14(20-13)9-19-6-5-17-7-12(19)10-3-1-2-4-11(10)16/h1-4,8,12,17H,5-7,9H2. The number of thiazole rings is 1. The smallest absolute Gasteiger partial charge is 0.108 e. The Morgan fingerprint density at radius 2 is 2.30 bits per heavy atom. The monoisotopic (exact) mass is 371 g/mol. The minimum atomic E-state index is 0.306. The van der Waals surface area contributed by atoms with Crippen LogP contribution in [0.4, 0.5) is 0 Å². The third kappa shape index (κ3) is 3.23. The van der Waals surface area contributed by atoms with Crippen LogP contribution in [0, 0.1) is 0 Å². The highest BCUT2D eigenvalue weighted by atomic mass is 79.9. The van der Waals surface area contributed by atoms with E-state index in [0.717, 1.165) is 40.0 Å². The SMILES string of the molecule is Clc1ccccc1C1CNCCN1Cc1ncc(Br)s1. The Balaban J connectivity index is 1.82. The van der Waals surface area contributed by atoms with Crippen LogP contribution in [-0.4, -0.2) is 29.5 Å². The van der Waals surface area contributed by atoms with E-state index in [1.54, 1.807) is 11.3 Å². The number of aromatic nitrogens is 1. The first-order valence-electron chi connectivity index (χ1n) is 6.53. The van der Waals surface area contributed by atoms with Gasteiger partial charge in [0.05, 0.1) is 16.5 Å². The van der Waals surface area contributed by atoms with Gasteiger partial charge in [0.15, 0.2) is 0 Å². The molecule has 2 heterocycles. The summed E-state index contributed by atoms with van der Waals surface area (Å²) in [6, 6.07) is 8.41. The zero-order valence-corrected chi connectivity index (χ0v) is 14.0. The molecule has 1 N–H and O–H groups in total. The molecule has 1 aromatic heterocycles. The van der Waals surface area contributed by atoms with Crippen molar-refractivity contribution in [1.29, 1.82) is 0 Å². The second kappa shape index (κ2) is 6.54. The molecule has 6 heteroatoms. The van der Waals surface area contributed by atoms with Crippen LogP contribution in [0.25, 0.3) is 0 Å². The molecule has 0 aliphatic carbocycles. The fraction of sp³-hybridized carbons (Fsp3) is 0.357. The second-order valence-electron chi connectivity index (χ2n) is 4.77. The van der Waals surface area contributed by atoms with E-state index in [9.17, 15) is 0 Å². The summed E-state index contributed by atoms with van der Waals surface area (Å²) >= 11 is 11.5. The lowest BCUT2D eigenvalue weighted by atomic mass is 10.0. The molecule has 1 saturated heterocycles. The fourth-order valence-electron chi connectivity index (χ4n) is 2.52. The maximum Gasteiger partial charge on any atom is 0.108 e. The van der Waals surface area contributed by atoms with Gasteiger partial charge in [0, 0.05) is 30.7 Å². The maximum absolute atomic E-state index is 6.36. The summed E-state index contributed by atoms with van der Waals surface area (Å²) in [5.41, 5.74) is 1.19. The van der Waals surface area contributed by atoms with Crippen molar-refractivity contribution in [3.05, 3.63) is 49.8 Å². The molecule has 1 fully saturated rings. The number of benzene rings is 1. The van der Waals surface area contributed by atoms with Gasteiger partial charge in [-0.25, -0.2) is 4.98 Å². The molecular formula is C14H15BrClN3S. The number of rotatable bonds is 3. The van der Waals surface area contributed by atoms with Crippen molar-refractivity contribution in [1.82, 2.24) is 15.2 Å². The van der Waals surface area contributed by atoms with Crippen LogP contribution < -0.4 is 5.32 Å². The Morgan fingerprint density at radius 1 is 1.45 bits per heavy atom. The lowest BCUT2D eigenvalue weighted by molar-refractivity contribution is 0.153. The molecule has 3 rings (SSSR count). The molecule has 20 heavy (non-hydrogen) atoms. The van der Waals surface area contributed by atoms with E-state index in [2.05, 4.69) is 37.2 Å². The van der Waals surface area contributed by atoms with Crippen LogP contribution in [0.3, 0.4) is 0 Å². The number of halogens is 2. The Morgan fingerprint density at radius 3 is 3.05 bits per heavy atom. The predicted molar refractivity (Wildman–Crippen MR) is 87.3 cm³/mol. The van der Waals surface area contributed by atoms with Gasteiger partial charge in [-0.2, -0.15) is 0 Å². The summed E-state index contributed by atoms with van der Waals surface area (Å²) in [5, 5.41) is 5.43. The van der Waals surface area contributed by atoms with Crippen molar-refractivity contribution >= 4 is 38.9 Å². The molecule has 0 radical (unpaired) electrons. The van der Waals surface area contributed by atoms with Crippen LogP contribution in [-0.2, 0) is 6.54 Å². The van der Waals surface area contributed by atoms with Crippen LogP contribution >= 0.6 is 38.9 Å². The van der Waals surface area contributed by atoms with Crippen LogP contribution in [0.5, 0.6) is 0 Å². The number of hydrogen-bond acceptors (Lipinski definition) is 4. The van der Waals surface area contributed by atoms with E-state index in [1.807, 2.05) is 24.4 Å². The van der Waals surface area contributed by atoms with Gasteiger partial charge in [0.25, 0.3) is 0 Å². The normalized spacial score (nSPS) is 20.2. The molecule has 0 spiro atoms. The third-order valence-corrected chi connectivity index (χ3v) is 5.29. The van der Waals surface area contributed by atoms with Gasteiger partial charge < -0.3 is 5.32 Å². The molecule has 106 valence electrons. The Bertz CT molecular complexity index is 589. The highest BCUT2D eigenvalue weighted by molar-refractivity contribution is 9.11. The van der Waals surface area contributed by atoms with Crippen LogP contribution in [0.1, 0.15) is 16.6 Å². The highest BCUT2D eigenvalue weighted by Gasteiger charge is 2.26. The van der Waals surface area contributed by atoms with Gasteiger partial charge in [0.2, 0.25) is 0 Å². The van der Waals surface area contributed by atoms with Gasteiger partial charge in [0.1, 0.15) is 5.01 Å². The van der Waals surface area contributed by atoms with Gasteiger partial charge in [-0.05, 0) is 27.6 Å². The van der Waals surface area contributed by atoms with Crippen LogP contribution in [0.15, 0.2) is 34.2 Å². The molecule has 1 aromatic carbocycles. The number of piperazine rings is 1. The van der Waals surface area contributed by atoms with Gasteiger partial charge in [-0.15, -0.1) is 11.3 Å². The van der Waals surface area contributed by atoms with E-state index >= 15 is 0 Å². The molecular weight excluding hydrogens is 358 g/mol. The number of hydrogen-bond donors (Lipinski definition) is 1. The summed E-state index contributed by atoms with van der Waals surface area (Å²) in [5.74, 6) is 0. The first-order chi connectivity index (χ1) is 9.74. The summed E-state index contributed by atoms with van der Waals surface area (Å²) in [6.07, 6.45) is 1.87. The zero-order chi connectivity index (χ0) is 13.9. The molecule has 1 unspecified atom stereocenters. The molecule has 2 aromatic rings. The second-order valence-corrected chi connectivity index (χ2v) is 7.67. The van der Waals surface area contributed by atoms with Gasteiger partial charge in [-0.3, -0.25) is 4.90 Å². The first kappa shape index (κ1) is 14.5. The van der Waals surface area contributed by atoms with E-state index in [4.69, 9.17) is 11.6 Å². The van der Waals surface area contributed by atoms with E-state index in [0.29, 0.717) is 6.04 Å². The quantitative estimate of drug-likeness (QED) is 0.890. The average Bonchev–Trinajstić information content (AvgIpc) is 2.86. The predicted octanol–water partition coefficient (Wildman–Crippen LogP) is 3.71. The Kier molecular flexibility index (Phi) is 4.73. The number of nitrogens with one attached hydrogen (secondary N) is 1. The van der Waals surface area contributed by atoms with E-state index in [1.165, 1.54) is 5.56 Å². The van der Waals surface area contributed by atoms with Gasteiger partial charge >= 0.3 is 0 Å². The molecule has 3 nitrogen and oxygen atoms in total. The molecule has 0 bridgehead atoms. The highest BCUT2D eigenvalue weighted by Crippen LogP contribution is 2.30. The Labute approximate surface area is 136 Å². The maximum atomic E-state index is 6.36. The van der Waals surface area contributed by atoms with Crippen molar-refractivity contribution in [2.45, 2.75) is 12.6 Å². The summed E-state index contributed by atoms with van der Waals surface area (Å²) in [6.45, 7) is 3.81. The van der Waals surface area contributed by atoms with Gasteiger partial charge in [-0.1, -0.05) is 29.8 Å². The van der Waals surface area contributed by atoms with E-state index < -0.39 is 0 Å². The molecule has 0 saturated carbocycles. The molecule has 0 amide bonds. The van der Waals surface area contributed by atoms with Crippen molar-refractivity contribution in [2.24, 2.45) is 0 Å². The summed E-state index contributed by atoms with van der Waals surface area (Å²) < 4.78 is 1.08. The minimum Gasteiger partial charge on any atom is -0.314 e. The topological polar surface area (TPSA) is 28.2 Å². The number of nitrogens with zero attached hydrogens (tertiary/aromatic N) is 2. The Hall–Kier alpha value is -0.460. The lowest BCUT2D eigenvalue weighted by Gasteiger charge is -2.36. The zero-order valence-electron chi connectivity index (χ0n) is 10.9. The summed E-state index contributed by atoms with van der Waals surface area (Å²) in [4.78, 5) is 6.88. The average molecular weight is 373 g/mol. The third-order valence-electron chi connectivity index (χ3n) is 3.48. The van der Waals surface area contributed by atoms with Crippen molar-refractivity contribution in [3.63, 3.8) is 0 Å². The molecule has 1 aliphatic rings. The molecule has 1 atom stereocenters.